The summed E-state index contributed by atoms with van der Waals surface area (Å²) in [5.74, 6) is -0.164. The number of non-ortho nitro benzene ring substituents is 1. The van der Waals surface area contributed by atoms with Crippen LogP contribution in [0.5, 0.6) is 0 Å². The minimum atomic E-state index is -4.00. The van der Waals surface area contributed by atoms with E-state index in [0.29, 0.717) is 28.6 Å². The zero-order valence-electron chi connectivity index (χ0n) is 14.2. The van der Waals surface area contributed by atoms with E-state index in [9.17, 15) is 23.3 Å². The Morgan fingerprint density at radius 1 is 1.07 bits per heavy atom. The van der Waals surface area contributed by atoms with Gasteiger partial charge in [-0.25, -0.2) is 8.42 Å². The molecule has 0 N–H and O–H groups in total. The third-order valence-corrected chi connectivity index (χ3v) is 6.50. The molecule has 0 aliphatic carbocycles. The second kappa shape index (κ2) is 5.88. The molecule has 0 fully saturated rings. The highest BCUT2D eigenvalue weighted by Crippen LogP contribution is 2.41. The Balaban J connectivity index is 1.99. The summed E-state index contributed by atoms with van der Waals surface area (Å²) in [5, 5.41) is 12.0. The van der Waals surface area contributed by atoms with E-state index in [1.165, 1.54) is 30.3 Å². The Bertz CT molecular complexity index is 1230. The Morgan fingerprint density at radius 2 is 1.81 bits per heavy atom. The smallest absolute Gasteiger partial charge is 0.270 e. The van der Waals surface area contributed by atoms with Crippen molar-refractivity contribution < 1.29 is 18.1 Å². The highest BCUT2D eigenvalue weighted by atomic mass is 32.2. The summed E-state index contributed by atoms with van der Waals surface area (Å²) in [6.45, 7) is 2.32. The standard InChI is InChI=1S/C19H14N2O5S/c1-2-20-16-8-4-7-14-17(10-9-15(18(14)16)19(20)22)27(25,26)13-6-3-5-12(11-13)21(23)24/h3-11H,2H2,1H3. The maximum absolute atomic E-state index is 13.2. The molecule has 27 heavy (non-hydrogen) atoms. The van der Waals surface area contributed by atoms with Crippen LogP contribution < -0.4 is 4.90 Å². The molecule has 136 valence electrons. The second-order valence-electron chi connectivity index (χ2n) is 6.12. The quantitative estimate of drug-likeness (QED) is 0.508. The number of rotatable bonds is 4. The number of nitrogens with zero attached hydrogens (tertiary/aromatic N) is 2. The fourth-order valence-electron chi connectivity index (χ4n) is 3.46. The van der Waals surface area contributed by atoms with Crippen LogP contribution in [0.25, 0.3) is 10.8 Å². The fraction of sp³-hybridized carbons (Fsp3) is 0.105. The van der Waals surface area contributed by atoms with Crippen molar-refractivity contribution >= 4 is 37.9 Å². The van der Waals surface area contributed by atoms with E-state index in [2.05, 4.69) is 0 Å². The molecule has 0 spiro atoms. The van der Waals surface area contributed by atoms with Gasteiger partial charge in [0.2, 0.25) is 9.84 Å². The van der Waals surface area contributed by atoms with Crippen molar-refractivity contribution in [1.29, 1.82) is 0 Å². The Labute approximate surface area is 154 Å². The molecule has 1 aliphatic heterocycles. The molecule has 4 rings (SSSR count). The molecule has 3 aromatic carbocycles. The molecular formula is C19H14N2O5S. The summed E-state index contributed by atoms with van der Waals surface area (Å²) >= 11 is 0. The molecule has 1 amide bonds. The van der Waals surface area contributed by atoms with Gasteiger partial charge in [0.1, 0.15) is 0 Å². The van der Waals surface area contributed by atoms with Crippen molar-refractivity contribution in [3.63, 3.8) is 0 Å². The number of nitro benzene ring substituents is 1. The van der Waals surface area contributed by atoms with Crippen molar-refractivity contribution in [2.24, 2.45) is 0 Å². The van der Waals surface area contributed by atoms with Crippen molar-refractivity contribution in [2.75, 3.05) is 11.4 Å². The largest absolute Gasteiger partial charge is 0.308 e. The zero-order valence-corrected chi connectivity index (χ0v) is 15.1. The van der Waals surface area contributed by atoms with E-state index in [4.69, 9.17) is 0 Å². The molecule has 0 radical (unpaired) electrons. The Hall–Kier alpha value is -3.26. The highest BCUT2D eigenvalue weighted by Gasteiger charge is 2.32. The van der Waals surface area contributed by atoms with Gasteiger partial charge in [-0.15, -0.1) is 0 Å². The minimum absolute atomic E-state index is 0.0225. The molecule has 0 bridgehead atoms. The lowest BCUT2D eigenvalue weighted by Crippen LogP contribution is -2.25. The molecule has 0 aromatic heterocycles. The summed E-state index contributed by atoms with van der Waals surface area (Å²) in [6.07, 6.45) is 0. The fourth-order valence-corrected chi connectivity index (χ4v) is 4.95. The van der Waals surface area contributed by atoms with Gasteiger partial charge in [0.25, 0.3) is 11.6 Å². The summed E-state index contributed by atoms with van der Waals surface area (Å²) in [5.41, 5.74) is 0.834. The molecule has 8 heteroatoms. The molecular weight excluding hydrogens is 368 g/mol. The number of anilines is 1. The van der Waals surface area contributed by atoms with Crippen molar-refractivity contribution in [3.05, 3.63) is 70.3 Å². The van der Waals surface area contributed by atoms with Crippen LogP contribution in [0.15, 0.2) is 64.4 Å². The SMILES string of the molecule is CCN1C(=O)c2ccc(S(=O)(=O)c3cccc([N+](=O)[O-])c3)c3cccc1c23. The average Bonchev–Trinajstić information content (AvgIpc) is 2.95. The van der Waals surface area contributed by atoms with Crippen LogP contribution in [0, 0.1) is 10.1 Å². The topological polar surface area (TPSA) is 97.6 Å². The van der Waals surface area contributed by atoms with Crippen LogP contribution in [0.2, 0.25) is 0 Å². The van der Waals surface area contributed by atoms with Crippen LogP contribution in [0.4, 0.5) is 11.4 Å². The monoisotopic (exact) mass is 382 g/mol. The number of carbonyl (C=O) groups is 1. The first-order chi connectivity index (χ1) is 12.9. The van der Waals surface area contributed by atoms with Gasteiger partial charge in [-0.2, -0.15) is 0 Å². The predicted molar refractivity (Wildman–Crippen MR) is 99.8 cm³/mol. The lowest BCUT2D eigenvalue weighted by atomic mass is 10.1. The maximum Gasteiger partial charge on any atom is 0.270 e. The summed E-state index contributed by atoms with van der Waals surface area (Å²) in [4.78, 5) is 24.4. The number of sulfone groups is 1. The van der Waals surface area contributed by atoms with Gasteiger partial charge < -0.3 is 4.90 Å². The van der Waals surface area contributed by atoms with E-state index >= 15 is 0 Å². The molecule has 0 unspecified atom stereocenters. The van der Waals surface area contributed by atoms with E-state index in [1.807, 2.05) is 6.92 Å². The van der Waals surface area contributed by atoms with Gasteiger partial charge in [-0.05, 0) is 31.2 Å². The van der Waals surface area contributed by atoms with Crippen molar-refractivity contribution in [3.8, 4) is 0 Å². The summed E-state index contributed by atoms with van der Waals surface area (Å²) in [6, 6.07) is 13.0. The lowest BCUT2D eigenvalue weighted by Gasteiger charge is -2.14. The number of benzene rings is 3. The van der Waals surface area contributed by atoms with Gasteiger partial charge in [-0.1, -0.05) is 18.2 Å². The van der Waals surface area contributed by atoms with Crippen LogP contribution in [-0.4, -0.2) is 25.8 Å². The zero-order chi connectivity index (χ0) is 19.3. The second-order valence-corrected chi connectivity index (χ2v) is 8.04. The summed E-state index contributed by atoms with van der Waals surface area (Å²) in [7, 11) is -4.00. The van der Waals surface area contributed by atoms with Crippen LogP contribution >= 0.6 is 0 Å². The molecule has 0 saturated carbocycles. The third kappa shape index (κ3) is 2.41. The first-order valence-electron chi connectivity index (χ1n) is 8.23. The third-order valence-electron chi connectivity index (χ3n) is 4.69. The normalized spacial score (nSPS) is 13.4. The van der Waals surface area contributed by atoms with Gasteiger partial charge in [0.15, 0.2) is 0 Å². The van der Waals surface area contributed by atoms with Crippen molar-refractivity contribution in [1.82, 2.24) is 0 Å². The van der Waals surface area contributed by atoms with E-state index in [-0.39, 0.29) is 21.4 Å². The van der Waals surface area contributed by atoms with Gasteiger partial charge in [0, 0.05) is 35.0 Å². The van der Waals surface area contributed by atoms with Gasteiger partial charge in [-0.3, -0.25) is 14.9 Å². The lowest BCUT2D eigenvalue weighted by molar-refractivity contribution is -0.385. The van der Waals surface area contributed by atoms with Crippen LogP contribution in [-0.2, 0) is 9.84 Å². The van der Waals surface area contributed by atoms with Crippen LogP contribution in [0.3, 0.4) is 0 Å². The Morgan fingerprint density at radius 3 is 2.52 bits per heavy atom. The molecule has 3 aromatic rings. The number of hydrogen-bond acceptors (Lipinski definition) is 5. The Kier molecular flexibility index (Phi) is 3.74. The molecule has 7 nitrogen and oxygen atoms in total. The molecule has 1 heterocycles. The van der Waals surface area contributed by atoms with E-state index in [1.54, 1.807) is 23.1 Å². The van der Waals surface area contributed by atoms with Gasteiger partial charge >= 0.3 is 0 Å². The summed E-state index contributed by atoms with van der Waals surface area (Å²) < 4.78 is 26.4. The first-order valence-corrected chi connectivity index (χ1v) is 9.71. The predicted octanol–water partition coefficient (Wildman–Crippen LogP) is 3.56. The van der Waals surface area contributed by atoms with Gasteiger partial charge in [0.05, 0.1) is 20.4 Å². The van der Waals surface area contributed by atoms with Crippen molar-refractivity contribution in [2.45, 2.75) is 16.7 Å². The molecule has 0 saturated heterocycles. The number of nitro groups is 1. The average molecular weight is 382 g/mol. The number of amides is 1. The first kappa shape index (κ1) is 17.2. The van der Waals surface area contributed by atoms with E-state index in [0.717, 1.165) is 6.07 Å². The maximum atomic E-state index is 13.2. The van der Waals surface area contributed by atoms with E-state index < -0.39 is 14.8 Å². The highest BCUT2D eigenvalue weighted by molar-refractivity contribution is 7.91. The molecule has 0 atom stereocenters. The minimum Gasteiger partial charge on any atom is -0.308 e. The van der Waals surface area contributed by atoms with Crippen LogP contribution in [0.1, 0.15) is 17.3 Å². The number of carbonyl (C=O) groups excluding carboxylic acids is 1. The number of hydrogen-bond donors (Lipinski definition) is 0. The molecule has 1 aliphatic rings.